The highest BCUT2D eigenvalue weighted by molar-refractivity contribution is 5.98. The molecule has 1 aromatic heterocycles. The van der Waals surface area contributed by atoms with Crippen LogP contribution in [0, 0.1) is 11.8 Å². The lowest BCUT2D eigenvalue weighted by Crippen LogP contribution is -2.59. The lowest BCUT2D eigenvalue weighted by molar-refractivity contribution is -0.180. The number of aromatic nitrogens is 1. The number of aromatic hydroxyl groups is 1. The second-order valence-electron chi connectivity index (χ2n) is 9.65. The molecular weight excluding hydrogens is 494 g/mol. The molecule has 6 atom stereocenters. The van der Waals surface area contributed by atoms with E-state index in [0.29, 0.717) is 0 Å². The monoisotopic (exact) mass is 527 g/mol. The summed E-state index contributed by atoms with van der Waals surface area (Å²) in [5.74, 6) is -5.34. The predicted octanol–water partition coefficient (Wildman–Crippen LogP) is 1.12. The van der Waals surface area contributed by atoms with Gasteiger partial charge in [-0.25, -0.2) is 9.78 Å². The van der Waals surface area contributed by atoms with Gasteiger partial charge in [-0.05, 0) is 38.0 Å². The predicted molar refractivity (Wildman–Crippen MR) is 135 cm³/mol. The van der Waals surface area contributed by atoms with Crippen LogP contribution in [0.2, 0.25) is 0 Å². The van der Waals surface area contributed by atoms with E-state index < -0.39 is 71.7 Å². The lowest BCUT2D eigenvalue weighted by atomic mass is 9.92. The number of hydrogen-bond donors (Lipinski definition) is 4. The maximum absolute atomic E-state index is 13.5. The summed E-state index contributed by atoms with van der Waals surface area (Å²) < 4.78 is 10.9. The van der Waals surface area contributed by atoms with Crippen LogP contribution in [-0.2, 0) is 30.3 Å². The molecule has 0 saturated carbocycles. The third kappa shape index (κ3) is 6.86. The zero-order chi connectivity index (χ0) is 28.0. The van der Waals surface area contributed by atoms with Crippen molar-refractivity contribution in [2.45, 2.75) is 64.5 Å². The topological polar surface area (TPSA) is 164 Å². The minimum atomic E-state index is -1.43. The Morgan fingerprint density at radius 3 is 2.37 bits per heavy atom. The number of benzene rings is 1. The zero-order valence-corrected chi connectivity index (χ0v) is 21.7. The van der Waals surface area contributed by atoms with E-state index in [1.165, 1.54) is 32.2 Å². The van der Waals surface area contributed by atoms with Crippen LogP contribution in [0.25, 0.3) is 0 Å². The third-order valence-corrected chi connectivity index (χ3v) is 6.35. The molecule has 2 aromatic rings. The van der Waals surface area contributed by atoms with Crippen LogP contribution < -0.4 is 10.6 Å². The highest BCUT2D eigenvalue weighted by Gasteiger charge is 2.40. The second-order valence-corrected chi connectivity index (χ2v) is 9.65. The molecule has 1 fully saturated rings. The quantitative estimate of drug-likeness (QED) is 0.417. The van der Waals surface area contributed by atoms with E-state index >= 15 is 0 Å². The molecule has 1 saturated heterocycles. The first kappa shape index (κ1) is 28.6. The fourth-order valence-corrected chi connectivity index (χ4v) is 4.07. The van der Waals surface area contributed by atoms with Gasteiger partial charge in [-0.2, -0.15) is 0 Å². The molecule has 1 aromatic carbocycles. The van der Waals surface area contributed by atoms with Gasteiger partial charge in [-0.15, -0.1) is 0 Å². The van der Waals surface area contributed by atoms with Gasteiger partial charge in [0.15, 0.2) is 5.69 Å². The third-order valence-electron chi connectivity index (χ3n) is 6.35. The molecule has 0 radical (unpaired) electrons. The molecule has 38 heavy (non-hydrogen) atoms. The number of nitrogens with one attached hydrogen (secondary N) is 2. The molecule has 0 aliphatic carbocycles. The van der Waals surface area contributed by atoms with E-state index in [9.17, 15) is 29.4 Å². The Bertz CT molecular complexity index is 1160. The Labute approximate surface area is 220 Å². The van der Waals surface area contributed by atoms with Gasteiger partial charge in [0.2, 0.25) is 12.0 Å². The Balaban J connectivity index is 1.99. The van der Waals surface area contributed by atoms with E-state index in [4.69, 9.17) is 9.47 Å². The van der Waals surface area contributed by atoms with Crippen LogP contribution in [0.15, 0.2) is 48.7 Å². The van der Waals surface area contributed by atoms with Crippen LogP contribution >= 0.6 is 0 Å². The Hall–Kier alpha value is -3.99. The molecule has 1 aliphatic rings. The van der Waals surface area contributed by atoms with Crippen molar-refractivity contribution >= 4 is 23.8 Å². The van der Waals surface area contributed by atoms with Crippen molar-refractivity contribution in [2.75, 3.05) is 0 Å². The first-order chi connectivity index (χ1) is 18.0. The van der Waals surface area contributed by atoms with Crippen LogP contribution in [0.5, 0.6) is 5.75 Å². The number of hydrogen-bond acceptors (Lipinski definition) is 9. The fourth-order valence-electron chi connectivity index (χ4n) is 4.07. The van der Waals surface area contributed by atoms with E-state index in [1.807, 2.05) is 6.07 Å². The molecule has 4 N–H and O–H groups in total. The first-order valence-electron chi connectivity index (χ1n) is 12.4. The molecule has 11 nitrogen and oxygen atoms in total. The number of carbonyl (C=O) groups is 4. The lowest BCUT2D eigenvalue weighted by Gasteiger charge is -2.33. The maximum Gasteiger partial charge on any atom is 0.348 e. The van der Waals surface area contributed by atoms with Crippen molar-refractivity contribution in [1.82, 2.24) is 15.6 Å². The van der Waals surface area contributed by atoms with Crippen LogP contribution in [0.3, 0.4) is 0 Å². The molecule has 6 unspecified atom stereocenters. The van der Waals surface area contributed by atoms with Crippen molar-refractivity contribution in [2.24, 2.45) is 11.8 Å². The fraction of sp³-hybridized carbons (Fsp3) is 0.444. The summed E-state index contributed by atoms with van der Waals surface area (Å²) in [7, 11) is 0. The van der Waals surface area contributed by atoms with E-state index in [1.54, 1.807) is 38.1 Å². The number of esters is 2. The van der Waals surface area contributed by atoms with Gasteiger partial charge >= 0.3 is 11.9 Å². The van der Waals surface area contributed by atoms with Crippen molar-refractivity contribution < 1.29 is 38.9 Å². The number of amides is 2. The molecule has 11 heteroatoms. The van der Waals surface area contributed by atoms with Crippen molar-refractivity contribution in [1.29, 1.82) is 0 Å². The normalized spacial score (nSPS) is 26.8. The maximum atomic E-state index is 13.5. The number of ether oxygens (including phenoxy) is 2. The number of cyclic esters (lactones) is 2. The van der Waals surface area contributed by atoms with Crippen LogP contribution in [0.1, 0.15) is 43.7 Å². The smallest absolute Gasteiger partial charge is 0.348 e. The van der Waals surface area contributed by atoms with E-state index in [2.05, 4.69) is 15.6 Å². The van der Waals surface area contributed by atoms with Crippen molar-refractivity contribution in [3.05, 3.63) is 59.9 Å². The summed E-state index contributed by atoms with van der Waals surface area (Å²) in [5, 5.41) is 26.4. The summed E-state index contributed by atoms with van der Waals surface area (Å²) in [4.78, 5) is 56.1. The molecule has 3 rings (SSSR count). The molecule has 0 bridgehead atoms. The molecule has 0 spiro atoms. The van der Waals surface area contributed by atoms with Gasteiger partial charge in [-0.3, -0.25) is 14.4 Å². The van der Waals surface area contributed by atoms with Gasteiger partial charge in [0.05, 0.1) is 18.1 Å². The molecule has 1 aliphatic heterocycles. The molecule has 2 heterocycles. The van der Waals surface area contributed by atoms with Crippen LogP contribution in [0.4, 0.5) is 0 Å². The number of pyridine rings is 1. The highest BCUT2D eigenvalue weighted by Crippen LogP contribution is 2.20. The number of nitrogens with zero attached hydrogens (tertiary/aromatic N) is 1. The summed E-state index contributed by atoms with van der Waals surface area (Å²) >= 11 is 0. The molecule has 2 amide bonds. The minimum absolute atomic E-state index is 0.162. The van der Waals surface area contributed by atoms with Gasteiger partial charge < -0.3 is 30.3 Å². The van der Waals surface area contributed by atoms with Crippen molar-refractivity contribution in [3.8, 4) is 5.75 Å². The summed E-state index contributed by atoms with van der Waals surface area (Å²) in [5.41, 5.74) is 0.455. The zero-order valence-electron chi connectivity index (χ0n) is 21.7. The summed E-state index contributed by atoms with van der Waals surface area (Å²) in [6.45, 7) is 6.16. The first-order valence-corrected chi connectivity index (χ1v) is 12.4. The largest absolute Gasteiger partial charge is 0.505 e. The summed E-state index contributed by atoms with van der Waals surface area (Å²) in [6.07, 6.45) is -2.45. The standard InChI is InChI=1S/C27H33N3O8/c1-14(2)23-27(36)37-16(4)20(30-25(34)21-19(31)11-8-12-28-21)24(33)29-18(13-17-9-6-5-7-10-17)22(32)15(3)26(35)38-23/h5-12,14-16,18,20,22-23,31-32H,13H2,1-4H3,(H,29,33)(H,30,34). The highest BCUT2D eigenvalue weighted by atomic mass is 16.6. The molecule has 204 valence electrons. The number of aliphatic hydroxyl groups is 1. The Morgan fingerprint density at radius 1 is 1.05 bits per heavy atom. The average Bonchev–Trinajstić information content (AvgIpc) is 2.88. The van der Waals surface area contributed by atoms with Crippen molar-refractivity contribution in [3.63, 3.8) is 0 Å². The summed E-state index contributed by atoms with van der Waals surface area (Å²) in [6, 6.07) is 9.33. The second kappa shape index (κ2) is 12.5. The van der Waals surface area contributed by atoms with Gasteiger partial charge in [0.25, 0.3) is 5.91 Å². The number of rotatable bonds is 5. The number of carbonyl (C=O) groups excluding carboxylic acids is 4. The van der Waals surface area contributed by atoms with E-state index in [-0.39, 0.29) is 12.1 Å². The van der Waals surface area contributed by atoms with Gasteiger partial charge in [-0.1, -0.05) is 44.2 Å². The SMILES string of the molecule is CC(C)C1OC(=O)C(C)C(O)C(Cc2ccccc2)NC(=O)C(NC(=O)c2ncccc2O)C(C)OC1=O. The average molecular weight is 528 g/mol. The Kier molecular flexibility index (Phi) is 9.40. The minimum Gasteiger partial charge on any atom is -0.505 e. The van der Waals surface area contributed by atoms with Gasteiger partial charge in [0, 0.05) is 12.1 Å². The van der Waals surface area contributed by atoms with E-state index in [0.717, 1.165) is 5.56 Å². The van der Waals surface area contributed by atoms with Gasteiger partial charge in [0.1, 0.15) is 17.9 Å². The van der Waals surface area contributed by atoms with Crippen LogP contribution in [-0.4, -0.2) is 69.3 Å². The molecular formula is C27H33N3O8. The number of aliphatic hydroxyl groups excluding tert-OH is 1. The Morgan fingerprint density at radius 2 is 1.74 bits per heavy atom.